The summed E-state index contributed by atoms with van der Waals surface area (Å²) >= 11 is 0. The number of aromatic nitrogens is 2. The summed E-state index contributed by atoms with van der Waals surface area (Å²) in [6, 6.07) is 5.51. The Kier molecular flexibility index (Phi) is 5.50. The SMILES string of the molecule is CN(N)c1c(N)nc(N2CCCOc3c(C#CC(C)(C)O)cccc32)c2c(F)cncc12. The number of anilines is 4. The maximum atomic E-state index is 15.1. The molecule has 3 aromatic rings. The molecule has 1 aliphatic heterocycles. The molecule has 0 radical (unpaired) electrons. The van der Waals surface area contributed by atoms with Gasteiger partial charge < -0.3 is 25.5 Å². The number of ether oxygens (including phenoxy) is 1. The van der Waals surface area contributed by atoms with Gasteiger partial charge >= 0.3 is 0 Å². The second-order valence-corrected chi connectivity index (χ2v) is 8.14. The summed E-state index contributed by atoms with van der Waals surface area (Å²) in [6.07, 6.45) is 3.34. The van der Waals surface area contributed by atoms with Gasteiger partial charge in [-0.05, 0) is 32.4 Å². The number of para-hydroxylation sites is 1. The molecular formula is C23H25FN6O2. The number of hydrogen-bond donors (Lipinski definition) is 3. The fraction of sp³-hybridized carbons (Fsp3) is 0.304. The number of nitrogen functional groups attached to an aromatic ring is 1. The first-order chi connectivity index (χ1) is 15.2. The molecule has 9 heteroatoms. The van der Waals surface area contributed by atoms with E-state index in [4.69, 9.17) is 16.3 Å². The monoisotopic (exact) mass is 436 g/mol. The molecule has 0 amide bonds. The molecule has 0 fully saturated rings. The van der Waals surface area contributed by atoms with E-state index in [-0.39, 0.29) is 11.2 Å². The fourth-order valence-electron chi connectivity index (χ4n) is 3.71. The van der Waals surface area contributed by atoms with Crippen molar-refractivity contribution in [2.75, 3.05) is 35.8 Å². The van der Waals surface area contributed by atoms with E-state index in [1.807, 2.05) is 23.1 Å². The quantitative estimate of drug-likeness (QED) is 0.319. The van der Waals surface area contributed by atoms with Crippen molar-refractivity contribution in [1.29, 1.82) is 0 Å². The highest BCUT2D eigenvalue weighted by Gasteiger charge is 2.26. The van der Waals surface area contributed by atoms with Crippen molar-refractivity contribution in [1.82, 2.24) is 9.97 Å². The van der Waals surface area contributed by atoms with Gasteiger partial charge in [-0.25, -0.2) is 15.2 Å². The van der Waals surface area contributed by atoms with E-state index in [1.54, 1.807) is 20.9 Å². The summed E-state index contributed by atoms with van der Waals surface area (Å²) < 4.78 is 21.1. The van der Waals surface area contributed by atoms with Gasteiger partial charge in [0.25, 0.3) is 0 Å². The number of nitrogens with two attached hydrogens (primary N) is 2. The molecule has 0 unspecified atom stereocenters. The number of benzene rings is 1. The van der Waals surface area contributed by atoms with Crippen LogP contribution in [0, 0.1) is 17.7 Å². The van der Waals surface area contributed by atoms with Crippen LogP contribution in [0.5, 0.6) is 5.75 Å². The van der Waals surface area contributed by atoms with Gasteiger partial charge in [-0.3, -0.25) is 4.98 Å². The Labute approximate surface area is 185 Å². The van der Waals surface area contributed by atoms with Crippen LogP contribution in [0.1, 0.15) is 25.8 Å². The van der Waals surface area contributed by atoms with Crippen molar-refractivity contribution in [3.05, 3.63) is 42.0 Å². The van der Waals surface area contributed by atoms with Crippen LogP contribution in [-0.2, 0) is 0 Å². The first-order valence-electron chi connectivity index (χ1n) is 10.2. The molecule has 5 N–H and O–H groups in total. The lowest BCUT2D eigenvalue weighted by molar-refractivity contribution is 0.143. The van der Waals surface area contributed by atoms with E-state index in [2.05, 4.69) is 21.8 Å². The van der Waals surface area contributed by atoms with Gasteiger partial charge in [-0.1, -0.05) is 17.9 Å². The Morgan fingerprint density at radius 3 is 2.81 bits per heavy atom. The molecule has 166 valence electrons. The zero-order valence-corrected chi connectivity index (χ0v) is 18.2. The summed E-state index contributed by atoms with van der Waals surface area (Å²) in [5.74, 6) is 12.3. The number of pyridine rings is 2. The number of hydrogen-bond acceptors (Lipinski definition) is 8. The number of hydrazine groups is 1. The van der Waals surface area contributed by atoms with E-state index in [1.165, 1.54) is 11.2 Å². The molecule has 0 saturated heterocycles. The number of halogens is 1. The van der Waals surface area contributed by atoms with E-state index in [9.17, 15) is 5.11 Å². The normalized spacial score (nSPS) is 13.6. The van der Waals surface area contributed by atoms with E-state index >= 15 is 4.39 Å². The highest BCUT2D eigenvalue weighted by Crippen LogP contribution is 2.43. The maximum absolute atomic E-state index is 15.1. The summed E-state index contributed by atoms with van der Waals surface area (Å²) in [4.78, 5) is 10.4. The van der Waals surface area contributed by atoms with Crippen LogP contribution < -0.4 is 26.2 Å². The molecule has 0 bridgehead atoms. The lowest BCUT2D eigenvalue weighted by Gasteiger charge is -2.27. The smallest absolute Gasteiger partial charge is 0.158 e. The summed E-state index contributed by atoms with van der Waals surface area (Å²) in [6.45, 7) is 4.20. The third-order valence-corrected chi connectivity index (χ3v) is 5.02. The lowest BCUT2D eigenvalue weighted by atomic mass is 10.1. The minimum Gasteiger partial charge on any atom is -0.490 e. The third kappa shape index (κ3) is 3.98. The van der Waals surface area contributed by atoms with E-state index in [0.29, 0.717) is 53.5 Å². The minimum atomic E-state index is -1.15. The van der Waals surface area contributed by atoms with Gasteiger partial charge in [-0.15, -0.1) is 0 Å². The summed E-state index contributed by atoms with van der Waals surface area (Å²) in [7, 11) is 1.61. The zero-order valence-electron chi connectivity index (χ0n) is 18.2. The molecule has 0 saturated carbocycles. The molecule has 4 rings (SSSR count). The van der Waals surface area contributed by atoms with Crippen molar-refractivity contribution in [3.63, 3.8) is 0 Å². The van der Waals surface area contributed by atoms with Gasteiger partial charge in [-0.2, -0.15) is 0 Å². The van der Waals surface area contributed by atoms with Crippen LogP contribution in [0.4, 0.5) is 27.4 Å². The highest BCUT2D eigenvalue weighted by molar-refractivity contribution is 6.05. The van der Waals surface area contributed by atoms with Gasteiger partial charge in [0.15, 0.2) is 17.4 Å². The van der Waals surface area contributed by atoms with Gasteiger partial charge in [0.05, 0.1) is 29.4 Å². The molecule has 0 spiro atoms. The number of rotatable bonds is 2. The molecular weight excluding hydrogens is 411 g/mol. The summed E-state index contributed by atoms with van der Waals surface area (Å²) in [5, 5.41) is 12.0. The van der Waals surface area contributed by atoms with Crippen molar-refractivity contribution in [3.8, 4) is 17.6 Å². The standard InChI is InChI=1S/C23H25FN6O2/c1-23(2,31)9-8-14-6-4-7-17-20(14)32-11-5-10-30(17)22-18-15(12-27-13-16(18)24)19(29(3)26)21(25)28-22/h4,6-7,12-13,31H,5,10-11,26H2,1-3H3,(H2,25,28). The molecule has 2 aromatic heterocycles. The zero-order chi connectivity index (χ0) is 23.0. The number of nitrogens with zero attached hydrogens (tertiary/aromatic N) is 4. The molecule has 1 aliphatic rings. The molecule has 3 heterocycles. The Morgan fingerprint density at radius 2 is 2.09 bits per heavy atom. The molecule has 32 heavy (non-hydrogen) atoms. The van der Waals surface area contributed by atoms with E-state index < -0.39 is 11.4 Å². The van der Waals surface area contributed by atoms with Crippen LogP contribution in [0.2, 0.25) is 0 Å². The molecule has 0 atom stereocenters. The highest BCUT2D eigenvalue weighted by atomic mass is 19.1. The van der Waals surface area contributed by atoms with Gasteiger partial charge in [0.2, 0.25) is 0 Å². The van der Waals surface area contributed by atoms with Crippen LogP contribution in [-0.4, -0.2) is 40.9 Å². The van der Waals surface area contributed by atoms with Crippen molar-refractivity contribution < 1.29 is 14.2 Å². The fourth-order valence-corrected chi connectivity index (χ4v) is 3.71. The van der Waals surface area contributed by atoms with Crippen molar-refractivity contribution >= 4 is 33.8 Å². The average molecular weight is 436 g/mol. The van der Waals surface area contributed by atoms with Crippen LogP contribution in [0.25, 0.3) is 10.8 Å². The van der Waals surface area contributed by atoms with Gasteiger partial charge in [0.1, 0.15) is 17.1 Å². The Morgan fingerprint density at radius 1 is 1.31 bits per heavy atom. The first kappa shape index (κ1) is 21.6. The maximum Gasteiger partial charge on any atom is 0.158 e. The molecule has 8 nitrogen and oxygen atoms in total. The predicted octanol–water partition coefficient (Wildman–Crippen LogP) is 2.70. The topological polar surface area (TPSA) is 114 Å². The number of fused-ring (bicyclic) bond motifs is 2. The lowest BCUT2D eigenvalue weighted by Crippen LogP contribution is -2.28. The third-order valence-electron chi connectivity index (χ3n) is 5.02. The van der Waals surface area contributed by atoms with Crippen molar-refractivity contribution in [2.45, 2.75) is 25.9 Å². The molecule has 0 aliphatic carbocycles. The second kappa shape index (κ2) is 8.15. The second-order valence-electron chi connectivity index (χ2n) is 8.14. The Hall–Kier alpha value is -3.61. The average Bonchev–Trinajstić information content (AvgIpc) is 2.93. The number of aliphatic hydroxyl groups is 1. The van der Waals surface area contributed by atoms with Crippen LogP contribution >= 0.6 is 0 Å². The Bertz CT molecular complexity index is 1240. The molecule has 1 aromatic carbocycles. The van der Waals surface area contributed by atoms with Crippen LogP contribution in [0.15, 0.2) is 30.6 Å². The van der Waals surface area contributed by atoms with Gasteiger partial charge in [0, 0.05) is 25.2 Å². The minimum absolute atomic E-state index is 0.162. The van der Waals surface area contributed by atoms with E-state index in [0.717, 1.165) is 6.20 Å². The van der Waals surface area contributed by atoms with Crippen molar-refractivity contribution in [2.24, 2.45) is 5.84 Å². The Balaban J connectivity index is 1.97. The first-order valence-corrected chi connectivity index (χ1v) is 10.2. The predicted molar refractivity (Wildman–Crippen MR) is 123 cm³/mol. The summed E-state index contributed by atoms with van der Waals surface area (Å²) in [5.41, 5.74) is 6.78. The van der Waals surface area contributed by atoms with Crippen LogP contribution in [0.3, 0.4) is 0 Å². The largest absolute Gasteiger partial charge is 0.490 e.